The Bertz CT molecular complexity index is 556. The minimum Gasteiger partial charge on any atom is -0.291 e. The summed E-state index contributed by atoms with van der Waals surface area (Å²) in [7, 11) is 0. The zero-order valence-corrected chi connectivity index (χ0v) is 9.20. The highest BCUT2D eigenvalue weighted by Gasteiger charge is 2.12. The van der Waals surface area contributed by atoms with E-state index in [0.29, 0.717) is 5.78 Å². The second-order valence-electron chi connectivity index (χ2n) is 3.61. The SMILES string of the molecule is CC(=O)c1nc2nc(C)c(C)c(C)n2n1. The summed E-state index contributed by atoms with van der Waals surface area (Å²) in [6, 6.07) is 0. The molecule has 0 aliphatic carbocycles. The number of nitrogens with zero attached hydrogens (tertiary/aromatic N) is 4. The molecule has 2 heterocycles. The van der Waals surface area contributed by atoms with E-state index >= 15 is 0 Å². The van der Waals surface area contributed by atoms with Crippen molar-refractivity contribution in [3.05, 3.63) is 22.8 Å². The maximum absolute atomic E-state index is 11.1. The summed E-state index contributed by atoms with van der Waals surface area (Å²) in [4.78, 5) is 19.5. The average molecular weight is 204 g/mol. The van der Waals surface area contributed by atoms with Gasteiger partial charge in [0.25, 0.3) is 5.78 Å². The summed E-state index contributed by atoms with van der Waals surface area (Å²) < 4.78 is 1.61. The fraction of sp³-hybridized carbons (Fsp3) is 0.400. The second kappa shape index (κ2) is 3.12. The number of ketones is 1. The number of aromatic nitrogens is 4. The number of carbonyl (C=O) groups is 1. The van der Waals surface area contributed by atoms with Gasteiger partial charge in [0.1, 0.15) is 0 Å². The van der Waals surface area contributed by atoms with Gasteiger partial charge in [-0.15, -0.1) is 5.10 Å². The highest BCUT2D eigenvalue weighted by molar-refractivity contribution is 5.90. The monoisotopic (exact) mass is 204 g/mol. The summed E-state index contributed by atoms with van der Waals surface area (Å²) in [6.45, 7) is 7.29. The Morgan fingerprint density at radius 2 is 1.87 bits per heavy atom. The molecule has 0 fully saturated rings. The summed E-state index contributed by atoms with van der Waals surface area (Å²) in [5, 5.41) is 4.11. The lowest BCUT2D eigenvalue weighted by molar-refractivity contribution is 0.100. The number of aryl methyl sites for hydroxylation is 2. The molecular weight excluding hydrogens is 192 g/mol. The van der Waals surface area contributed by atoms with Gasteiger partial charge in [0, 0.05) is 18.3 Å². The zero-order valence-electron chi connectivity index (χ0n) is 9.20. The van der Waals surface area contributed by atoms with Gasteiger partial charge in [0.15, 0.2) is 5.78 Å². The third-order valence-corrected chi connectivity index (χ3v) is 2.58. The Labute approximate surface area is 87.2 Å². The molecule has 0 aliphatic heterocycles. The molecule has 0 spiro atoms. The van der Waals surface area contributed by atoms with E-state index in [2.05, 4.69) is 15.1 Å². The van der Waals surface area contributed by atoms with Crippen molar-refractivity contribution in [1.82, 2.24) is 19.6 Å². The molecule has 0 saturated carbocycles. The summed E-state index contributed by atoms with van der Waals surface area (Å²) in [6.07, 6.45) is 0. The van der Waals surface area contributed by atoms with Gasteiger partial charge in [-0.3, -0.25) is 4.79 Å². The van der Waals surface area contributed by atoms with Crippen LogP contribution in [-0.2, 0) is 0 Å². The first-order valence-corrected chi connectivity index (χ1v) is 4.72. The van der Waals surface area contributed by atoms with Crippen molar-refractivity contribution in [2.45, 2.75) is 27.7 Å². The quantitative estimate of drug-likeness (QED) is 0.656. The lowest BCUT2D eigenvalue weighted by atomic mass is 10.2. The second-order valence-corrected chi connectivity index (χ2v) is 3.61. The van der Waals surface area contributed by atoms with Crippen molar-refractivity contribution in [3.8, 4) is 0 Å². The van der Waals surface area contributed by atoms with Crippen molar-refractivity contribution >= 4 is 11.6 Å². The van der Waals surface area contributed by atoms with Gasteiger partial charge in [-0.1, -0.05) is 0 Å². The molecule has 0 radical (unpaired) electrons. The van der Waals surface area contributed by atoms with Crippen LogP contribution >= 0.6 is 0 Å². The van der Waals surface area contributed by atoms with Crippen LogP contribution < -0.4 is 0 Å². The van der Waals surface area contributed by atoms with E-state index in [1.807, 2.05) is 20.8 Å². The summed E-state index contributed by atoms with van der Waals surface area (Å²) in [5.74, 6) is 0.562. The van der Waals surface area contributed by atoms with Gasteiger partial charge in [0.2, 0.25) is 5.82 Å². The molecule has 0 saturated heterocycles. The number of rotatable bonds is 1. The number of carbonyl (C=O) groups excluding carboxylic acids is 1. The van der Waals surface area contributed by atoms with Crippen LogP contribution in [0.25, 0.3) is 5.78 Å². The molecule has 2 aromatic rings. The first kappa shape index (κ1) is 9.76. The van der Waals surface area contributed by atoms with Gasteiger partial charge in [-0.05, 0) is 26.3 Å². The third-order valence-electron chi connectivity index (χ3n) is 2.58. The molecule has 0 bridgehead atoms. The number of fused-ring (bicyclic) bond motifs is 1. The van der Waals surface area contributed by atoms with Gasteiger partial charge >= 0.3 is 0 Å². The molecule has 0 aromatic carbocycles. The van der Waals surface area contributed by atoms with Crippen molar-refractivity contribution in [3.63, 3.8) is 0 Å². The topological polar surface area (TPSA) is 60.2 Å². The van der Waals surface area contributed by atoms with Crippen LogP contribution in [0.3, 0.4) is 0 Å². The van der Waals surface area contributed by atoms with Crippen molar-refractivity contribution in [2.24, 2.45) is 0 Å². The molecule has 0 aliphatic rings. The normalized spacial score (nSPS) is 10.9. The van der Waals surface area contributed by atoms with E-state index < -0.39 is 0 Å². The van der Waals surface area contributed by atoms with E-state index in [4.69, 9.17) is 0 Å². The van der Waals surface area contributed by atoms with Crippen LogP contribution in [0.5, 0.6) is 0 Å². The van der Waals surface area contributed by atoms with Crippen molar-refractivity contribution in [1.29, 1.82) is 0 Å². The predicted molar refractivity (Wildman–Crippen MR) is 55.0 cm³/mol. The van der Waals surface area contributed by atoms with Crippen LogP contribution in [0.1, 0.15) is 34.5 Å². The average Bonchev–Trinajstić information content (AvgIpc) is 2.58. The maximum Gasteiger partial charge on any atom is 0.253 e. The van der Waals surface area contributed by atoms with Gasteiger partial charge in [-0.25, -0.2) is 9.50 Å². The standard InChI is InChI=1S/C10H12N4O/c1-5-6(2)11-10-12-9(8(4)15)13-14(10)7(5)3/h1-4H3. The van der Waals surface area contributed by atoms with Gasteiger partial charge < -0.3 is 0 Å². The summed E-state index contributed by atoms with van der Waals surface area (Å²) >= 11 is 0. The molecule has 2 rings (SSSR count). The van der Waals surface area contributed by atoms with Crippen molar-refractivity contribution < 1.29 is 4.79 Å². The molecule has 0 amide bonds. The lowest BCUT2D eigenvalue weighted by Gasteiger charge is -2.04. The van der Waals surface area contributed by atoms with E-state index in [9.17, 15) is 4.79 Å². The molecule has 5 nitrogen and oxygen atoms in total. The highest BCUT2D eigenvalue weighted by atomic mass is 16.1. The highest BCUT2D eigenvalue weighted by Crippen LogP contribution is 2.11. The molecule has 0 N–H and O–H groups in total. The van der Waals surface area contributed by atoms with Crippen LogP contribution in [0.2, 0.25) is 0 Å². The minimum absolute atomic E-state index is 0.143. The lowest BCUT2D eigenvalue weighted by Crippen LogP contribution is -2.02. The molecule has 0 atom stereocenters. The van der Waals surface area contributed by atoms with Crippen LogP contribution in [0.4, 0.5) is 0 Å². The number of hydrogen-bond acceptors (Lipinski definition) is 4. The van der Waals surface area contributed by atoms with Crippen LogP contribution in [-0.4, -0.2) is 25.4 Å². The molecule has 2 aromatic heterocycles. The predicted octanol–water partition coefficient (Wildman–Crippen LogP) is 1.25. The fourth-order valence-corrected chi connectivity index (χ4v) is 1.40. The van der Waals surface area contributed by atoms with Gasteiger partial charge in [0.05, 0.1) is 0 Å². The Morgan fingerprint density at radius 3 is 2.47 bits per heavy atom. The summed E-state index contributed by atoms with van der Waals surface area (Å²) in [5.41, 5.74) is 2.96. The third kappa shape index (κ3) is 1.40. The number of hydrogen-bond donors (Lipinski definition) is 0. The molecular formula is C10H12N4O. The van der Waals surface area contributed by atoms with Gasteiger partial charge in [-0.2, -0.15) is 4.98 Å². The first-order chi connectivity index (χ1) is 7.00. The smallest absolute Gasteiger partial charge is 0.253 e. The Hall–Kier alpha value is -1.78. The first-order valence-electron chi connectivity index (χ1n) is 4.72. The van der Waals surface area contributed by atoms with Crippen LogP contribution in [0, 0.1) is 20.8 Å². The van der Waals surface area contributed by atoms with Crippen LogP contribution in [0.15, 0.2) is 0 Å². The number of Topliss-reactive ketones (excluding diaryl/α,β-unsaturated/α-hetero) is 1. The minimum atomic E-state index is -0.143. The maximum atomic E-state index is 11.1. The zero-order chi connectivity index (χ0) is 11.2. The molecule has 78 valence electrons. The fourth-order valence-electron chi connectivity index (χ4n) is 1.40. The van der Waals surface area contributed by atoms with E-state index in [-0.39, 0.29) is 11.6 Å². The molecule has 5 heteroatoms. The largest absolute Gasteiger partial charge is 0.291 e. The van der Waals surface area contributed by atoms with E-state index in [1.165, 1.54) is 6.92 Å². The van der Waals surface area contributed by atoms with E-state index in [0.717, 1.165) is 17.0 Å². The van der Waals surface area contributed by atoms with E-state index in [1.54, 1.807) is 4.52 Å². The van der Waals surface area contributed by atoms with Crippen molar-refractivity contribution in [2.75, 3.05) is 0 Å². The Balaban J connectivity index is 2.82. The molecule has 0 unspecified atom stereocenters. The Morgan fingerprint density at radius 1 is 1.20 bits per heavy atom. The Kier molecular flexibility index (Phi) is 2.03. The molecule has 15 heavy (non-hydrogen) atoms.